The quantitative estimate of drug-likeness (QED) is 0.337. The molecule has 142 valence electrons. The summed E-state index contributed by atoms with van der Waals surface area (Å²) in [6.45, 7) is 4.46. The summed E-state index contributed by atoms with van der Waals surface area (Å²) in [5.74, 6) is 0.866. The molecule has 5 nitrogen and oxygen atoms in total. The Hall–Kier alpha value is -1.09. The Morgan fingerprint density at radius 1 is 1.31 bits per heavy atom. The Balaban J connectivity index is 0.00000243. The van der Waals surface area contributed by atoms with Gasteiger partial charge in [-0.15, -0.1) is 24.0 Å². The molecule has 1 aromatic heterocycles. The van der Waals surface area contributed by atoms with Crippen molar-refractivity contribution in [3.05, 3.63) is 52.3 Å². The Labute approximate surface area is 181 Å². The van der Waals surface area contributed by atoms with E-state index in [1.54, 1.807) is 0 Å². The molecule has 1 heterocycles. The highest BCUT2D eigenvalue weighted by Crippen LogP contribution is 2.43. The number of nitrogens with zero attached hydrogens (tertiary/aromatic N) is 3. The Kier molecular flexibility index (Phi) is 7.94. The van der Waals surface area contributed by atoms with Gasteiger partial charge in [-0.3, -0.25) is 4.68 Å². The van der Waals surface area contributed by atoms with E-state index in [1.165, 1.54) is 24.8 Å². The number of halogens is 2. The first kappa shape index (κ1) is 21.2. The second-order valence-electron chi connectivity index (χ2n) is 6.64. The van der Waals surface area contributed by atoms with E-state index in [4.69, 9.17) is 4.99 Å². The average Bonchev–Trinajstić information content (AvgIpc) is 2.96. The number of guanidine groups is 1. The number of rotatable bonds is 6. The molecule has 2 aromatic rings. The van der Waals surface area contributed by atoms with E-state index in [1.807, 2.05) is 24.0 Å². The van der Waals surface area contributed by atoms with Gasteiger partial charge in [0.2, 0.25) is 0 Å². The van der Waals surface area contributed by atoms with Crippen molar-refractivity contribution in [2.45, 2.75) is 38.1 Å². The molecule has 2 N–H and O–H groups in total. The smallest absolute Gasteiger partial charge is 0.191 e. The SMILES string of the molecule is CCNC(=NCc1ccnn1C)NCC1(c2cccc(Br)c2)CCC1.I. The molecule has 0 unspecified atom stereocenters. The van der Waals surface area contributed by atoms with Crippen molar-refractivity contribution < 1.29 is 0 Å². The van der Waals surface area contributed by atoms with Gasteiger partial charge >= 0.3 is 0 Å². The van der Waals surface area contributed by atoms with Crippen LogP contribution in [0.25, 0.3) is 0 Å². The minimum atomic E-state index is 0. The molecule has 1 saturated carbocycles. The van der Waals surface area contributed by atoms with Crippen LogP contribution >= 0.6 is 39.9 Å². The van der Waals surface area contributed by atoms with Crippen molar-refractivity contribution in [1.82, 2.24) is 20.4 Å². The van der Waals surface area contributed by atoms with E-state index in [-0.39, 0.29) is 29.4 Å². The van der Waals surface area contributed by atoms with Crippen LogP contribution in [0, 0.1) is 0 Å². The summed E-state index contributed by atoms with van der Waals surface area (Å²) in [5, 5.41) is 11.1. The summed E-state index contributed by atoms with van der Waals surface area (Å²) in [6, 6.07) is 10.7. The predicted octanol–water partition coefficient (Wildman–Crippen LogP) is 3.98. The molecule has 1 fully saturated rings. The first-order valence-electron chi connectivity index (χ1n) is 8.88. The molecule has 1 aliphatic rings. The van der Waals surface area contributed by atoms with Crippen molar-refractivity contribution in [2.75, 3.05) is 13.1 Å². The van der Waals surface area contributed by atoms with Gasteiger partial charge in [0.1, 0.15) is 0 Å². The maximum absolute atomic E-state index is 4.71. The lowest BCUT2D eigenvalue weighted by molar-refractivity contribution is 0.243. The fourth-order valence-electron chi connectivity index (χ4n) is 3.30. The zero-order chi connectivity index (χ0) is 17.7. The molecule has 0 atom stereocenters. The number of aryl methyl sites for hydroxylation is 1. The second kappa shape index (κ2) is 9.73. The van der Waals surface area contributed by atoms with Crippen molar-refractivity contribution in [1.29, 1.82) is 0 Å². The van der Waals surface area contributed by atoms with Gasteiger partial charge in [0.05, 0.1) is 12.2 Å². The van der Waals surface area contributed by atoms with E-state index < -0.39 is 0 Å². The average molecular weight is 532 g/mol. The fraction of sp³-hybridized carbons (Fsp3) is 0.474. The minimum Gasteiger partial charge on any atom is -0.357 e. The molecule has 0 radical (unpaired) electrons. The summed E-state index contributed by atoms with van der Waals surface area (Å²) >= 11 is 3.60. The first-order chi connectivity index (χ1) is 12.1. The summed E-state index contributed by atoms with van der Waals surface area (Å²) in [4.78, 5) is 4.71. The summed E-state index contributed by atoms with van der Waals surface area (Å²) in [6.07, 6.45) is 5.54. The number of aliphatic imine (C=N–C) groups is 1. The van der Waals surface area contributed by atoms with Crippen molar-refractivity contribution >= 4 is 45.9 Å². The molecular formula is C19H27BrIN5. The van der Waals surface area contributed by atoms with Crippen LogP contribution in [0.15, 0.2) is 46.0 Å². The number of hydrogen-bond donors (Lipinski definition) is 2. The Bertz CT molecular complexity index is 739. The van der Waals surface area contributed by atoms with Crippen LogP contribution in [0.1, 0.15) is 37.4 Å². The van der Waals surface area contributed by atoms with Crippen LogP contribution in [-0.2, 0) is 19.0 Å². The zero-order valence-corrected chi connectivity index (χ0v) is 19.3. The van der Waals surface area contributed by atoms with Crippen LogP contribution in [0.3, 0.4) is 0 Å². The highest BCUT2D eigenvalue weighted by atomic mass is 127. The molecule has 0 bridgehead atoms. The van der Waals surface area contributed by atoms with Gasteiger partial charge in [-0.1, -0.05) is 34.5 Å². The third-order valence-electron chi connectivity index (χ3n) is 5.01. The normalized spacial score (nSPS) is 15.7. The van der Waals surface area contributed by atoms with E-state index in [0.29, 0.717) is 6.54 Å². The Morgan fingerprint density at radius 3 is 2.69 bits per heavy atom. The van der Waals surface area contributed by atoms with E-state index >= 15 is 0 Å². The van der Waals surface area contributed by atoms with Gasteiger partial charge in [0, 0.05) is 36.2 Å². The van der Waals surface area contributed by atoms with Crippen LogP contribution < -0.4 is 10.6 Å². The van der Waals surface area contributed by atoms with Crippen LogP contribution in [0.2, 0.25) is 0 Å². The van der Waals surface area contributed by atoms with Crippen LogP contribution in [0.5, 0.6) is 0 Å². The molecule has 1 aliphatic carbocycles. The first-order valence-corrected chi connectivity index (χ1v) is 9.67. The lowest BCUT2D eigenvalue weighted by Gasteiger charge is -2.43. The molecule has 26 heavy (non-hydrogen) atoms. The molecule has 1 aromatic carbocycles. The predicted molar refractivity (Wildman–Crippen MR) is 121 cm³/mol. The summed E-state index contributed by atoms with van der Waals surface area (Å²) in [5.41, 5.74) is 2.72. The largest absolute Gasteiger partial charge is 0.357 e. The molecule has 0 amide bonds. The number of nitrogens with one attached hydrogen (secondary N) is 2. The molecular weight excluding hydrogens is 505 g/mol. The van der Waals surface area contributed by atoms with Gasteiger partial charge in [0.25, 0.3) is 0 Å². The highest BCUT2D eigenvalue weighted by Gasteiger charge is 2.38. The van der Waals surface area contributed by atoms with E-state index in [2.05, 4.69) is 62.9 Å². The van der Waals surface area contributed by atoms with Crippen molar-refractivity contribution in [2.24, 2.45) is 12.0 Å². The number of benzene rings is 1. The maximum atomic E-state index is 4.71. The lowest BCUT2D eigenvalue weighted by atomic mass is 9.64. The fourth-order valence-corrected chi connectivity index (χ4v) is 3.70. The van der Waals surface area contributed by atoms with Gasteiger partial charge in [-0.2, -0.15) is 5.10 Å². The van der Waals surface area contributed by atoms with E-state index in [0.717, 1.165) is 29.2 Å². The van der Waals surface area contributed by atoms with Gasteiger partial charge < -0.3 is 10.6 Å². The zero-order valence-electron chi connectivity index (χ0n) is 15.3. The number of hydrogen-bond acceptors (Lipinski definition) is 2. The molecule has 0 spiro atoms. The van der Waals surface area contributed by atoms with Gasteiger partial charge in [-0.25, -0.2) is 4.99 Å². The van der Waals surface area contributed by atoms with E-state index in [9.17, 15) is 0 Å². The summed E-state index contributed by atoms with van der Waals surface area (Å²) in [7, 11) is 1.95. The molecule has 0 saturated heterocycles. The molecule has 7 heteroatoms. The Morgan fingerprint density at radius 2 is 2.12 bits per heavy atom. The van der Waals surface area contributed by atoms with Crippen LogP contribution in [0.4, 0.5) is 0 Å². The standard InChI is InChI=1S/C19H26BrN5.HI/c1-3-21-18(22-13-17-8-11-24-25(17)2)23-14-19(9-5-10-19)15-6-4-7-16(20)12-15;/h4,6-8,11-12H,3,5,9-10,13-14H2,1-2H3,(H2,21,22,23);1H. The lowest BCUT2D eigenvalue weighted by Crippen LogP contribution is -2.49. The van der Waals surface area contributed by atoms with Gasteiger partial charge in [0.15, 0.2) is 5.96 Å². The van der Waals surface area contributed by atoms with Crippen molar-refractivity contribution in [3.8, 4) is 0 Å². The topological polar surface area (TPSA) is 54.2 Å². The monoisotopic (exact) mass is 531 g/mol. The van der Waals surface area contributed by atoms with Crippen molar-refractivity contribution in [3.63, 3.8) is 0 Å². The summed E-state index contributed by atoms with van der Waals surface area (Å²) < 4.78 is 3.01. The molecule has 3 rings (SSSR count). The third kappa shape index (κ3) is 5.00. The number of aromatic nitrogens is 2. The second-order valence-corrected chi connectivity index (χ2v) is 7.55. The highest BCUT2D eigenvalue weighted by molar-refractivity contribution is 14.0. The van der Waals surface area contributed by atoms with Crippen LogP contribution in [-0.4, -0.2) is 28.8 Å². The third-order valence-corrected chi connectivity index (χ3v) is 5.50. The molecule has 0 aliphatic heterocycles. The minimum absolute atomic E-state index is 0. The maximum Gasteiger partial charge on any atom is 0.191 e. The van der Waals surface area contributed by atoms with Gasteiger partial charge in [-0.05, 0) is 43.5 Å².